The number of hydrogen-bond acceptors (Lipinski definition) is 0. The molecule has 0 atom stereocenters. The van der Waals surface area contributed by atoms with Gasteiger partial charge in [0.2, 0.25) is 0 Å². The summed E-state index contributed by atoms with van der Waals surface area (Å²) in [5.41, 5.74) is 0. The van der Waals surface area contributed by atoms with Crippen molar-refractivity contribution in [2.45, 2.75) is 271 Å². The lowest BCUT2D eigenvalue weighted by molar-refractivity contribution is -0.704. The lowest BCUT2D eigenvalue weighted by Crippen LogP contribution is -2.37. The van der Waals surface area contributed by atoms with Gasteiger partial charge >= 0.3 is 0 Å². The molecule has 0 saturated carbocycles. The van der Waals surface area contributed by atoms with E-state index in [4.69, 9.17) is 0 Å². The Hall–Kier alpha value is -0.790. The summed E-state index contributed by atoms with van der Waals surface area (Å²) in [7, 11) is 0. The van der Waals surface area contributed by atoms with Crippen LogP contribution in [0.25, 0.3) is 0 Å². The molecule has 1 heterocycles. The zero-order valence-electron chi connectivity index (χ0n) is 33.1. The van der Waals surface area contributed by atoms with Crippen molar-refractivity contribution in [1.82, 2.24) is 4.57 Å². The Bertz CT molecular complexity index is 722. The van der Waals surface area contributed by atoms with Crippen LogP contribution in [-0.2, 0) is 19.5 Å². The Morgan fingerprint density at radius 1 is 0.362 bits per heavy atom. The lowest BCUT2D eigenvalue weighted by Gasteiger charge is -2.07. The van der Waals surface area contributed by atoms with Crippen LogP contribution in [0, 0.1) is 0 Å². The quantitative estimate of drug-likeness (QED) is 0.0492. The number of unbranched alkanes of at least 4 members (excludes halogenated alkanes) is 33. The topological polar surface area (TPSA) is 8.81 Å². The molecule has 0 N–H and O–H groups in total. The van der Waals surface area contributed by atoms with Gasteiger partial charge in [-0.2, -0.15) is 0 Å². The van der Waals surface area contributed by atoms with Gasteiger partial charge in [0.1, 0.15) is 12.4 Å². The molecule has 0 aromatic carbocycles. The van der Waals surface area contributed by atoms with Crippen molar-refractivity contribution in [3.8, 4) is 0 Å². The highest BCUT2D eigenvalue weighted by molar-refractivity contribution is 4.84. The normalized spacial score (nSPS) is 11.6. The van der Waals surface area contributed by atoms with Crippen LogP contribution < -0.4 is 4.57 Å². The Morgan fingerprint density at radius 3 is 1.02 bits per heavy atom. The van der Waals surface area contributed by atoms with Crippen LogP contribution in [0.5, 0.6) is 0 Å². The van der Waals surface area contributed by atoms with Crippen LogP contribution in [0.3, 0.4) is 0 Å². The van der Waals surface area contributed by atoms with Gasteiger partial charge in [-0.25, -0.2) is 9.13 Å². The molecule has 1 aromatic rings. The van der Waals surface area contributed by atoms with E-state index in [1.807, 2.05) is 0 Å². The molecular formula is C45H89N2+. The van der Waals surface area contributed by atoms with Crippen molar-refractivity contribution in [2.24, 2.45) is 0 Å². The standard InChI is InChI=1S/C45H89N2/c1-4-7-10-13-16-18-20-22-24-25-27-29-31-33-36-39-42-47-44-43-46(45(47)40-37-34-15-12-9-6-3)41-38-35-32-30-28-26-23-21-19-17-14-11-8-5-2/h43-44H,4-42H2,1-3H3/q+1. The Labute approximate surface area is 298 Å². The number of aryl methyl sites for hydroxylation is 2. The molecule has 0 radical (unpaired) electrons. The first-order chi connectivity index (χ1) is 23.3. The van der Waals surface area contributed by atoms with E-state index in [2.05, 4.69) is 42.3 Å². The average Bonchev–Trinajstić information content (AvgIpc) is 3.47. The molecule has 1 rings (SSSR count). The molecular weight excluding hydrogens is 569 g/mol. The molecule has 0 fully saturated rings. The maximum absolute atomic E-state index is 2.64. The predicted molar refractivity (Wildman–Crippen MR) is 212 cm³/mol. The Kier molecular flexibility index (Phi) is 34.3. The third-order valence-electron chi connectivity index (χ3n) is 10.8. The minimum atomic E-state index is 1.23. The predicted octanol–water partition coefficient (Wildman–Crippen LogP) is 15.4. The molecule has 0 amide bonds. The van der Waals surface area contributed by atoms with Gasteiger partial charge in [-0.1, -0.05) is 220 Å². The number of nitrogens with zero attached hydrogens (tertiary/aromatic N) is 2. The summed E-state index contributed by atoms with van der Waals surface area (Å²) in [6, 6.07) is 0. The summed E-state index contributed by atoms with van der Waals surface area (Å²) in [6.45, 7) is 9.41. The van der Waals surface area contributed by atoms with Crippen LogP contribution in [-0.4, -0.2) is 4.57 Å². The lowest BCUT2D eigenvalue weighted by atomic mass is 10.0. The molecule has 2 nitrogen and oxygen atoms in total. The van der Waals surface area contributed by atoms with Gasteiger partial charge < -0.3 is 0 Å². The van der Waals surface area contributed by atoms with Gasteiger partial charge in [0.25, 0.3) is 5.82 Å². The van der Waals surface area contributed by atoms with Gasteiger partial charge in [-0.15, -0.1) is 0 Å². The van der Waals surface area contributed by atoms with Crippen LogP contribution >= 0.6 is 0 Å². The molecule has 0 spiro atoms. The molecule has 0 aliphatic rings. The van der Waals surface area contributed by atoms with Crippen LogP contribution in [0.15, 0.2) is 12.4 Å². The van der Waals surface area contributed by atoms with E-state index in [1.54, 1.807) is 5.82 Å². The maximum Gasteiger partial charge on any atom is 0.256 e. The first-order valence-electron chi connectivity index (χ1n) is 22.4. The fourth-order valence-corrected chi connectivity index (χ4v) is 7.56. The van der Waals surface area contributed by atoms with E-state index in [0.717, 1.165) is 0 Å². The summed E-state index contributed by atoms with van der Waals surface area (Å²) in [6.07, 6.45) is 57.9. The molecule has 0 bridgehead atoms. The fourth-order valence-electron chi connectivity index (χ4n) is 7.56. The summed E-state index contributed by atoms with van der Waals surface area (Å²) in [5.74, 6) is 1.62. The molecule has 278 valence electrons. The SMILES string of the molecule is CCCCCCCCCCCCCCCCCC[n+]1ccn(CCCCCCCCCCCCCCCC)c1CCCCCCCC. The maximum atomic E-state index is 2.64. The van der Waals surface area contributed by atoms with Crippen LogP contribution in [0.4, 0.5) is 0 Å². The Balaban J connectivity index is 2.17. The van der Waals surface area contributed by atoms with Crippen LogP contribution in [0.1, 0.15) is 258 Å². The van der Waals surface area contributed by atoms with Crippen molar-refractivity contribution in [3.05, 3.63) is 18.2 Å². The zero-order chi connectivity index (χ0) is 33.7. The van der Waals surface area contributed by atoms with Crippen molar-refractivity contribution in [2.75, 3.05) is 0 Å². The van der Waals surface area contributed by atoms with Crippen LogP contribution in [0.2, 0.25) is 0 Å². The monoisotopic (exact) mass is 658 g/mol. The van der Waals surface area contributed by atoms with Gasteiger partial charge in [0, 0.05) is 6.42 Å². The smallest absolute Gasteiger partial charge is 0.234 e. The molecule has 1 aromatic heterocycles. The van der Waals surface area contributed by atoms with Gasteiger partial charge in [0.05, 0.1) is 13.1 Å². The molecule has 47 heavy (non-hydrogen) atoms. The first-order valence-corrected chi connectivity index (χ1v) is 22.4. The third-order valence-corrected chi connectivity index (χ3v) is 10.8. The van der Waals surface area contributed by atoms with Crippen molar-refractivity contribution in [1.29, 1.82) is 0 Å². The highest BCUT2D eigenvalue weighted by Crippen LogP contribution is 2.16. The first kappa shape index (κ1) is 44.2. The molecule has 0 aliphatic carbocycles. The van der Waals surface area contributed by atoms with Gasteiger partial charge in [0.15, 0.2) is 0 Å². The van der Waals surface area contributed by atoms with Gasteiger partial charge in [-0.3, -0.25) is 0 Å². The van der Waals surface area contributed by atoms with Gasteiger partial charge in [-0.05, 0) is 32.1 Å². The third kappa shape index (κ3) is 28.7. The fraction of sp³-hybridized carbons (Fsp3) is 0.933. The van der Waals surface area contributed by atoms with Crippen molar-refractivity contribution < 1.29 is 4.57 Å². The van der Waals surface area contributed by atoms with Crippen molar-refractivity contribution in [3.63, 3.8) is 0 Å². The summed E-state index contributed by atoms with van der Waals surface area (Å²) < 4.78 is 5.28. The minimum absolute atomic E-state index is 1.23. The van der Waals surface area contributed by atoms with E-state index >= 15 is 0 Å². The van der Waals surface area contributed by atoms with E-state index in [1.165, 1.54) is 251 Å². The number of rotatable bonds is 39. The summed E-state index contributed by atoms with van der Waals surface area (Å²) >= 11 is 0. The number of hydrogen-bond donors (Lipinski definition) is 0. The summed E-state index contributed by atoms with van der Waals surface area (Å²) in [4.78, 5) is 0. The molecule has 0 unspecified atom stereocenters. The molecule has 0 saturated heterocycles. The number of imidazole rings is 1. The summed E-state index contributed by atoms with van der Waals surface area (Å²) in [5, 5.41) is 0. The Morgan fingerprint density at radius 2 is 0.660 bits per heavy atom. The second-order valence-corrected chi connectivity index (χ2v) is 15.5. The highest BCUT2D eigenvalue weighted by Gasteiger charge is 2.16. The van der Waals surface area contributed by atoms with E-state index in [9.17, 15) is 0 Å². The largest absolute Gasteiger partial charge is 0.256 e. The highest BCUT2D eigenvalue weighted by atomic mass is 15.1. The van der Waals surface area contributed by atoms with E-state index in [0.29, 0.717) is 0 Å². The molecule has 2 heteroatoms. The second-order valence-electron chi connectivity index (χ2n) is 15.5. The van der Waals surface area contributed by atoms with Crippen molar-refractivity contribution >= 4 is 0 Å². The second kappa shape index (κ2) is 36.5. The average molecular weight is 658 g/mol. The number of aromatic nitrogens is 2. The zero-order valence-corrected chi connectivity index (χ0v) is 33.1. The minimum Gasteiger partial charge on any atom is -0.234 e. The van der Waals surface area contributed by atoms with E-state index in [-0.39, 0.29) is 0 Å². The van der Waals surface area contributed by atoms with E-state index < -0.39 is 0 Å². The molecule has 0 aliphatic heterocycles.